The molecular formula is C46H81N5O12S. The average Bonchev–Trinajstić information content (AvgIpc) is 3.23. The number of aromatic nitrogens is 1. The van der Waals surface area contributed by atoms with Crippen LogP contribution in [0.5, 0.6) is 0 Å². The Kier molecular flexibility index (Phi) is 19.8. The lowest BCUT2D eigenvalue weighted by Crippen LogP contribution is -2.60. The SMILES string of the molecule is CC[C@H]1OC(=O)[C@H](C)[C@@H](O[C@H]2C[C@@](C)(OC)[C@@H](O)[C@H](C)O2)[C@H](C)[C@@H](O[C@@H]2O[C@H](C)C[C@H](N(C)C)[C@H]2O)[C@](C)(O)C[C@@H](C)CN(CCCNC(=S)Nc2cccnc2)[C@H](C)[C@@H](O)[C@]1(C)O. The minimum atomic E-state index is -1.88. The van der Waals surface area contributed by atoms with E-state index in [-0.39, 0.29) is 37.3 Å². The number of carbonyl (C=O) groups is 1. The molecule has 1 aromatic heterocycles. The minimum absolute atomic E-state index is 0.111. The third kappa shape index (κ3) is 13.5. The number of hydrogen-bond acceptors (Lipinski definition) is 16. The van der Waals surface area contributed by atoms with E-state index in [1.54, 1.807) is 47.0 Å². The molecule has 0 bridgehead atoms. The molecule has 7 N–H and O–H groups in total. The van der Waals surface area contributed by atoms with Gasteiger partial charge in [-0.2, -0.15) is 0 Å². The molecule has 18 atom stereocenters. The van der Waals surface area contributed by atoms with E-state index in [2.05, 4.69) is 20.5 Å². The molecule has 64 heavy (non-hydrogen) atoms. The van der Waals surface area contributed by atoms with E-state index in [0.29, 0.717) is 37.6 Å². The second kappa shape index (κ2) is 23.2. The summed E-state index contributed by atoms with van der Waals surface area (Å²) in [5.74, 6) is -2.78. The number of thiocarbonyl (C=S) groups is 1. The number of carbonyl (C=O) groups excluding carboxylic acids is 1. The fourth-order valence-electron chi connectivity index (χ4n) is 9.99. The highest BCUT2D eigenvalue weighted by Gasteiger charge is 2.53. The molecule has 3 saturated heterocycles. The summed E-state index contributed by atoms with van der Waals surface area (Å²) in [5.41, 5.74) is -3.81. The molecule has 0 aromatic carbocycles. The minimum Gasteiger partial charge on any atom is -0.459 e. The maximum Gasteiger partial charge on any atom is 0.311 e. The zero-order chi connectivity index (χ0) is 47.9. The van der Waals surface area contributed by atoms with Crippen LogP contribution < -0.4 is 10.6 Å². The van der Waals surface area contributed by atoms with Crippen LogP contribution in [0, 0.1) is 17.8 Å². The molecule has 4 rings (SSSR count). The molecule has 0 unspecified atom stereocenters. The van der Waals surface area contributed by atoms with Crippen LogP contribution >= 0.6 is 12.2 Å². The van der Waals surface area contributed by atoms with Gasteiger partial charge in [-0.1, -0.05) is 20.8 Å². The molecule has 3 aliphatic heterocycles. The van der Waals surface area contributed by atoms with E-state index < -0.39 is 96.0 Å². The van der Waals surface area contributed by atoms with Gasteiger partial charge in [0.05, 0.1) is 53.4 Å². The van der Waals surface area contributed by atoms with Crippen molar-refractivity contribution < 1.29 is 58.7 Å². The summed E-state index contributed by atoms with van der Waals surface area (Å²) in [6.07, 6.45) is -4.81. The first-order valence-corrected chi connectivity index (χ1v) is 23.5. The third-order valence-corrected chi connectivity index (χ3v) is 14.1. The predicted molar refractivity (Wildman–Crippen MR) is 246 cm³/mol. The van der Waals surface area contributed by atoms with Crippen LogP contribution in [-0.2, 0) is 33.2 Å². The predicted octanol–water partition coefficient (Wildman–Crippen LogP) is 3.04. The molecule has 0 amide bonds. The van der Waals surface area contributed by atoms with E-state index in [1.807, 2.05) is 58.8 Å². The molecular weight excluding hydrogens is 847 g/mol. The monoisotopic (exact) mass is 928 g/mol. The van der Waals surface area contributed by atoms with Gasteiger partial charge < -0.3 is 69.5 Å². The van der Waals surface area contributed by atoms with Crippen molar-refractivity contribution in [1.82, 2.24) is 20.1 Å². The lowest BCUT2D eigenvalue weighted by molar-refractivity contribution is -0.318. The van der Waals surface area contributed by atoms with E-state index in [4.69, 9.17) is 40.6 Å². The average molecular weight is 928 g/mol. The highest BCUT2D eigenvalue weighted by Crippen LogP contribution is 2.40. The molecule has 17 nitrogen and oxygen atoms in total. The highest BCUT2D eigenvalue weighted by molar-refractivity contribution is 7.80. The number of anilines is 1. The summed E-state index contributed by atoms with van der Waals surface area (Å²) >= 11 is 5.52. The number of pyridine rings is 1. The Hall–Kier alpha value is -2.17. The Labute approximate surface area is 386 Å². The number of nitrogens with zero attached hydrogens (tertiary/aromatic N) is 3. The summed E-state index contributed by atoms with van der Waals surface area (Å²) in [5, 5.41) is 66.6. The van der Waals surface area contributed by atoms with Crippen LogP contribution in [0.3, 0.4) is 0 Å². The van der Waals surface area contributed by atoms with Crippen molar-refractivity contribution >= 4 is 29.0 Å². The molecule has 1 aromatic rings. The van der Waals surface area contributed by atoms with Crippen LogP contribution in [0.15, 0.2) is 24.5 Å². The van der Waals surface area contributed by atoms with Crippen molar-refractivity contribution in [3.8, 4) is 0 Å². The standard InChI is InChI=1S/C46H81N5O12S/c1-14-34-46(10,57)38(53)30(6)51(20-16-19-48-43(64)49-32-17-15-18-47-24-32)25-26(2)22-44(8,56)40(63-42-36(52)33(50(11)12)21-27(3)59-42)28(4)37(29(5)41(55)61-34)62-35-23-45(9,58-13)39(54)31(7)60-35/h15,17-18,24,26-31,33-40,42,52-54,56-57H,14,16,19-23,25H2,1-13H3,(H2,48,49,64)/t26-,27-,28+,29-,30-,31+,33+,34-,35+,36-,37+,38-,39+,40-,42+,44-,45-,46-/m1/s1. The van der Waals surface area contributed by atoms with Crippen LogP contribution in [0.1, 0.15) is 101 Å². The molecule has 3 aliphatic rings. The molecule has 3 fully saturated rings. The summed E-state index contributed by atoms with van der Waals surface area (Å²) in [4.78, 5) is 22.6. The zero-order valence-electron chi connectivity index (χ0n) is 40.5. The molecule has 368 valence electrons. The fourth-order valence-corrected chi connectivity index (χ4v) is 10.2. The van der Waals surface area contributed by atoms with Crippen LogP contribution in [0.2, 0.25) is 0 Å². The van der Waals surface area contributed by atoms with Crippen molar-refractivity contribution in [2.45, 2.75) is 192 Å². The van der Waals surface area contributed by atoms with E-state index in [9.17, 15) is 30.3 Å². The number of aliphatic hydroxyl groups is 5. The second-order valence-corrected chi connectivity index (χ2v) is 20.1. The Morgan fingerprint density at radius 2 is 1.72 bits per heavy atom. The van der Waals surface area contributed by atoms with Gasteiger partial charge in [-0.15, -0.1) is 0 Å². The molecule has 4 heterocycles. The van der Waals surface area contributed by atoms with Gasteiger partial charge in [-0.3, -0.25) is 14.7 Å². The maximum absolute atomic E-state index is 14.5. The van der Waals surface area contributed by atoms with E-state index >= 15 is 0 Å². The summed E-state index contributed by atoms with van der Waals surface area (Å²) < 4.78 is 38.1. The normalized spacial score (nSPS) is 42.3. The first kappa shape index (κ1) is 54.4. The van der Waals surface area contributed by atoms with Crippen LogP contribution in [-0.4, -0.2) is 183 Å². The number of nitrogens with one attached hydrogen (secondary N) is 2. The van der Waals surface area contributed by atoms with Gasteiger partial charge in [0.25, 0.3) is 0 Å². The van der Waals surface area contributed by atoms with Gasteiger partial charge in [0.2, 0.25) is 0 Å². The van der Waals surface area contributed by atoms with Gasteiger partial charge in [-0.25, -0.2) is 0 Å². The summed E-state index contributed by atoms with van der Waals surface area (Å²) in [6.45, 7) is 19.0. The van der Waals surface area contributed by atoms with Gasteiger partial charge in [0, 0.05) is 57.4 Å². The van der Waals surface area contributed by atoms with Crippen molar-refractivity contribution in [2.24, 2.45) is 17.8 Å². The number of rotatable bonds is 12. The van der Waals surface area contributed by atoms with Crippen molar-refractivity contribution in [3.63, 3.8) is 0 Å². The van der Waals surface area contributed by atoms with Gasteiger partial charge >= 0.3 is 5.97 Å². The Morgan fingerprint density at radius 1 is 1.03 bits per heavy atom. The Balaban J connectivity index is 1.75. The number of hydrogen-bond donors (Lipinski definition) is 7. The van der Waals surface area contributed by atoms with Gasteiger partial charge in [0.1, 0.15) is 30.0 Å². The van der Waals surface area contributed by atoms with E-state index in [1.165, 1.54) is 14.0 Å². The Bertz CT molecular complexity index is 1620. The lowest BCUT2D eigenvalue weighted by Gasteiger charge is -2.48. The fraction of sp³-hybridized carbons (Fsp3) is 0.848. The lowest BCUT2D eigenvalue weighted by atomic mass is 9.77. The summed E-state index contributed by atoms with van der Waals surface area (Å²) in [6, 6.07) is 2.73. The smallest absolute Gasteiger partial charge is 0.311 e. The largest absolute Gasteiger partial charge is 0.459 e. The number of esters is 1. The van der Waals surface area contributed by atoms with E-state index in [0.717, 1.165) is 5.69 Å². The number of likely N-dealkylation sites (N-methyl/N-ethyl adjacent to an activating group) is 1. The van der Waals surface area contributed by atoms with Crippen LogP contribution in [0.4, 0.5) is 5.69 Å². The number of ether oxygens (including phenoxy) is 6. The molecule has 18 heteroatoms. The zero-order valence-corrected chi connectivity index (χ0v) is 41.3. The molecule has 0 aliphatic carbocycles. The number of aliphatic hydroxyl groups excluding tert-OH is 3. The molecule has 0 saturated carbocycles. The van der Waals surface area contributed by atoms with Crippen molar-refractivity contribution in [1.29, 1.82) is 0 Å². The van der Waals surface area contributed by atoms with Crippen LogP contribution in [0.25, 0.3) is 0 Å². The second-order valence-electron chi connectivity index (χ2n) is 19.7. The third-order valence-electron chi connectivity index (χ3n) is 13.9. The topological polar surface area (TPSA) is 217 Å². The summed E-state index contributed by atoms with van der Waals surface area (Å²) in [7, 11) is 5.27. The first-order valence-electron chi connectivity index (χ1n) is 23.1. The van der Waals surface area contributed by atoms with Gasteiger partial charge in [-0.05, 0) is 119 Å². The van der Waals surface area contributed by atoms with Gasteiger partial charge in [0.15, 0.2) is 17.7 Å². The maximum atomic E-state index is 14.5. The molecule has 0 spiro atoms. The Morgan fingerprint density at radius 3 is 2.33 bits per heavy atom. The quantitative estimate of drug-likeness (QED) is 0.0911. The number of cyclic esters (lactones) is 1. The number of methoxy groups -OCH3 is 1. The first-order chi connectivity index (χ1) is 29.9. The molecule has 0 radical (unpaired) electrons. The van der Waals surface area contributed by atoms with Crippen molar-refractivity contribution in [2.75, 3.05) is 46.2 Å². The van der Waals surface area contributed by atoms with Crippen molar-refractivity contribution in [3.05, 3.63) is 24.5 Å². The highest BCUT2D eigenvalue weighted by atomic mass is 32.1.